The zero-order chi connectivity index (χ0) is 23.4. The highest BCUT2D eigenvalue weighted by Crippen LogP contribution is 2.39. The average molecular weight is 473 g/mol. The Hall–Kier alpha value is -2.52. The lowest BCUT2D eigenvalue weighted by Crippen LogP contribution is -2.42. The van der Waals surface area contributed by atoms with Gasteiger partial charge in [0.25, 0.3) is 0 Å². The minimum Gasteiger partial charge on any atom is -0.466 e. The maximum Gasteiger partial charge on any atom is 0.307 e. The number of carbonyl (C=O) groups excluding carboxylic acids is 2. The molecule has 0 spiro atoms. The Morgan fingerprint density at radius 3 is 2.82 bits per heavy atom. The van der Waals surface area contributed by atoms with Gasteiger partial charge >= 0.3 is 5.97 Å². The first-order valence-electron chi connectivity index (χ1n) is 11.4. The van der Waals surface area contributed by atoms with E-state index in [0.29, 0.717) is 37.5 Å². The molecule has 2 aromatic rings. The summed E-state index contributed by atoms with van der Waals surface area (Å²) in [6.45, 7) is 3.67. The summed E-state index contributed by atoms with van der Waals surface area (Å²) in [6, 6.07) is 5.96. The number of Topliss-reactive ketones (excluding diaryl/α,β-unsaturated/α-hetero) is 1. The van der Waals surface area contributed by atoms with Gasteiger partial charge in [-0.05, 0) is 43.9 Å². The standard InChI is InChI=1S/C24H29FN4O3S/c1-2-32-22(30)10-12-29-15-18(26-27-29)13-17-14-28(11-9-21(17)33)23(24(31)16-7-8-16)19-5-3-4-6-20(19)25/h3-6,13,15-16,21,23,33H,2,7-12,14H2,1H3. The Labute approximate surface area is 198 Å². The van der Waals surface area contributed by atoms with E-state index in [1.54, 1.807) is 36.0 Å². The smallest absolute Gasteiger partial charge is 0.307 e. The number of hydrogen-bond donors (Lipinski definition) is 1. The quantitative estimate of drug-likeness (QED) is 0.445. The molecule has 1 saturated heterocycles. The minimum atomic E-state index is -0.594. The third kappa shape index (κ3) is 5.89. The number of thiol groups is 1. The van der Waals surface area contributed by atoms with Crippen molar-refractivity contribution < 1.29 is 18.7 Å². The van der Waals surface area contributed by atoms with E-state index in [-0.39, 0.29) is 35.2 Å². The first-order valence-corrected chi connectivity index (χ1v) is 11.9. The van der Waals surface area contributed by atoms with E-state index in [1.165, 1.54) is 6.07 Å². The van der Waals surface area contributed by atoms with Crippen LogP contribution in [0.1, 0.15) is 49.9 Å². The number of hydrogen-bond acceptors (Lipinski definition) is 7. The fraction of sp³-hybridized carbons (Fsp3) is 0.500. The van der Waals surface area contributed by atoms with Crippen molar-refractivity contribution in [3.63, 3.8) is 0 Å². The van der Waals surface area contributed by atoms with E-state index < -0.39 is 6.04 Å². The van der Waals surface area contributed by atoms with Crippen molar-refractivity contribution in [3.05, 3.63) is 53.1 Å². The van der Waals surface area contributed by atoms with Gasteiger partial charge in [0.05, 0.1) is 31.8 Å². The van der Waals surface area contributed by atoms with Crippen molar-refractivity contribution in [1.29, 1.82) is 0 Å². The van der Waals surface area contributed by atoms with Crippen LogP contribution in [0.3, 0.4) is 0 Å². The molecule has 2 fully saturated rings. The van der Waals surface area contributed by atoms with Crippen molar-refractivity contribution in [2.24, 2.45) is 5.92 Å². The van der Waals surface area contributed by atoms with Crippen LogP contribution in [0.2, 0.25) is 0 Å². The number of likely N-dealkylation sites (tertiary alicyclic amines) is 1. The largest absolute Gasteiger partial charge is 0.466 e. The number of aromatic nitrogens is 3. The van der Waals surface area contributed by atoms with Gasteiger partial charge in [-0.3, -0.25) is 19.2 Å². The van der Waals surface area contributed by atoms with Crippen LogP contribution in [0.4, 0.5) is 4.39 Å². The highest BCUT2D eigenvalue weighted by Gasteiger charge is 2.40. The summed E-state index contributed by atoms with van der Waals surface area (Å²) in [6.07, 6.45) is 6.43. The molecule has 1 aliphatic heterocycles. The summed E-state index contributed by atoms with van der Waals surface area (Å²) >= 11 is 4.74. The van der Waals surface area contributed by atoms with Crippen LogP contribution in [0, 0.1) is 11.7 Å². The second-order valence-corrected chi connectivity index (χ2v) is 9.18. The van der Waals surface area contributed by atoms with Crippen LogP contribution < -0.4 is 0 Å². The number of nitrogens with zero attached hydrogens (tertiary/aromatic N) is 4. The van der Waals surface area contributed by atoms with Gasteiger partial charge in [-0.1, -0.05) is 23.4 Å². The van der Waals surface area contributed by atoms with Gasteiger partial charge < -0.3 is 4.74 Å². The number of carbonyl (C=O) groups is 2. The Kier molecular flexibility index (Phi) is 7.60. The lowest BCUT2D eigenvalue weighted by atomic mass is 9.93. The Morgan fingerprint density at radius 1 is 1.30 bits per heavy atom. The number of ketones is 1. The number of benzene rings is 1. The SMILES string of the molecule is CCOC(=O)CCn1cc(C=C2CN(C(C(=O)C3CC3)c3ccccc3F)CCC2S)nn1. The normalized spacial score (nSPS) is 21.2. The third-order valence-electron chi connectivity index (χ3n) is 6.06. The van der Waals surface area contributed by atoms with Gasteiger partial charge in [-0.2, -0.15) is 12.6 Å². The van der Waals surface area contributed by atoms with Crippen LogP contribution in [0.5, 0.6) is 0 Å². The van der Waals surface area contributed by atoms with Crippen molar-refractivity contribution in [3.8, 4) is 0 Å². The predicted octanol–water partition coefficient (Wildman–Crippen LogP) is 3.48. The van der Waals surface area contributed by atoms with E-state index >= 15 is 0 Å². The zero-order valence-corrected chi connectivity index (χ0v) is 19.6. The van der Waals surface area contributed by atoms with Gasteiger partial charge in [0, 0.05) is 29.8 Å². The Morgan fingerprint density at radius 2 is 2.09 bits per heavy atom. The van der Waals surface area contributed by atoms with Crippen LogP contribution in [-0.2, 0) is 20.9 Å². The monoisotopic (exact) mass is 472 g/mol. The molecule has 0 radical (unpaired) electrons. The van der Waals surface area contributed by atoms with E-state index in [1.807, 2.05) is 6.08 Å². The molecule has 0 bridgehead atoms. The van der Waals surface area contributed by atoms with Gasteiger partial charge in [-0.15, -0.1) is 5.10 Å². The fourth-order valence-electron chi connectivity index (χ4n) is 4.19. The van der Waals surface area contributed by atoms with Gasteiger partial charge in [0.1, 0.15) is 11.5 Å². The average Bonchev–Trinajstić information content (AvgIpc) is 3.56. The molecule has 33 heavy (non-hydrogen) atoms. The molecule has 2 aliphatic rings. The van der Waals surface area contributed by atoms with E-state index in [2.05, 4.69) is 15.2 Å². The highest BCUT2D eigenvalue weighted by atomic mass is 32.1. The predicted molar refractivity (Wildman–Crippen MR) is 125 cm³/mol. The lowest BCUT2D eigenvalue weighted by Gasteiger charge is -2.37. The van der Waals surface area contributed by atoms with Gasteiger partial charge in [-0.25, -0.2) is 4.39 Å². The maximum absolute atomic E-state index is 14.7. The molecule has 2 heterocycles. The van der Waals surface area contributed by atoms with Crippen molar-refractivity contribution in [2.75, 3.05) is 19.7 Å². The van der Waals surface area contributed by atoms with E-state index in [9.17, 15) is 14.0 Å². The first kappa shape index (κ1) is 23.6. The van der Waals surface area contributed by atoms with Crippen molar-refractivity contribution in [1.82, 2.24) is 19.9 Å². The topological polar surface area (TPSA) is 77.3 Å². The highest BCUT2D eigenvalue weighted by molar-refractivity contribution is 7.81. The van der Waals surface area contributed by atoms with Crippen LogP contribution >= 0.6 is 12.6 Å². The lowest BCUT2D eigenvalue weighted by molar-refractivity contribution is -0.143. The number of rotatable bonds is 9. The molecule has 1 saturated carbocycles. The van der Waals surface area contributed by atoms with Crippen LogP contribution in [0.15, 0.2) is 36.0 Å². The molecule has 0 N–H and O–H groups in total. The molecule has 1 aromatic heterocycles. The minimum absolute atomic E-state index is 0.0169. The van der Waals surface area contributed by atoms with Crippen molar-refractivity contribution in [2.45, 2.75) is 50.4 Å². The Bertz CT molecular complexity index is 1040. The molecule has 4 rings (SSSR count). The summed E-state index contributed by atoms with van der Waals surface area (Å²) in [5.74, 6) is -0.498. The summed E-state index contributed by atoms with van der Waals surface area (Å²) < 4.78 is 21.2. The summed E-state index contributed by atoms with van der Waals surface area (Å²) in [7, 11) is 0. The second-order valence-electron chi connectivity index (χ2n) is 8.56. The molecule has 2 unspecified atom stereocenters. The van der Waals surface area contributed by atoms with Crippen LogP contribution in [-0.4, -0.2) is 56.6 Å². The number of aryl methyl sites for hydroxylation is 1. The molecule has 0 amide bonds. The summed E-state index contributed by atoms with van der Waals surface area (Å²) in [5.41, 5.74) is 2.11. The molecule has 176 valence electrons. The summed E-state index contributed by atoms with van der Waals surface area (Å²) in [5, 5.41) is 8.29. The first-order chi connectivity index (χ1) is 16.0. The second kappa shape index (κ2) is 10.6. The number of halogens is 1. The molecule has 9 heteroatoms. The van der Waals surface area contributed by atoms with Crippen molar-refractivity contribution >= 4 is 30.5 Å². The molecular weight excluding hydrogens is 443 g/mol. The molecule has 7 nitrogen and oxygen atoms in total. The molecular formula is C24H29FN4O3S. The summed E-state index contributed by atoms with van der Waals surface area (Å²) in [4.78, 5) is 26.8. The van der Waals surface area contributed by atoms with E-state index in [4.69, 9.17) is 17.4 Å². The fourth-order valence-corrected chi connectivity index (χ4v) is 4.46. The number of esters is 1. The molecule has 2 atom stereocenters. The number of piperidine rings is 1. The van der Waals surface area contributed by atoms with Gasteiger partial charge in [0.2, 0.25) is 0 Å². The Balaban J connectivity index is 1.51. The van der Waals surface area contributed by atoms with Gasteiger partial charge in [0.15, 0.2) is 5.78 Å². The number of ether oxygens (including phenoxy) is 1. The third-order valence-corrected chi connectivity index (χ3v) is 6.65. The van der Waals surface area contributed by atoms with E-state index in [0.717, 1.165) is 24.8 Å². The molecule has 1 aromatic carbocycles. The maximum atomic E-state index is 14.7. The van der Waals surface area contributed by atoms with Crippen LogP contribution in [0.25, 0.3) is 6.08 Å². The molecule has 1 aliphatic carbocycles. The zero-order valence-electron chi connectivity index (χ0n) is 18.7.